The van der Waals surface area contributed by atoms with E-state index >= 15 is 0 Å². The molecule has 0 radical (unpaired) electrons. The summed E-state index contributed by atoms with van der Waals surface area (Å²) in [4.78, 5) is 0. The minimum Gasteiger partial charge on any atom is -0.0895 e. The standard InChI is InChI=1S/C31H30Cl2/c32-30-15-5-24(6-16-30)19-22-1-9-26(10-2-22)28-13-14-29(21-28)27-11-3-23(4-12-27)20-25-7-17-31(33)18-8-25/h1-3,5-6,9-17,23,25H,4,7-8,18-21H2. The van der Waals surface area contributed by atoms with Gasteiger partial charge in [0.25, 0.3) is 0 Å². The molecule has 3 aliphatic rings. The van der Waals surface area contributed by atoms with Gasteiger partial charge in [-0.2, -0.15) is 0 Å². The van der Waals surface area contributed by atoms with E-state index in [1.807, 2.05) is 12.1 Å². The number of rotatable bonds is 6. The number of hydrogen-bond acceptors (Lipinski definition) is 0. The predicted molar refractivity (Wildman–Crippen MR) is 143 cm³/mol. The Hall–Kier alpha value is -2.28. The molecule has 0 bridgehead atoms. The predicted octanol–water partition coefficient (Wildman–Crippen LogP) is 9.46. The Labute approximate surface area is 208 Å². The largest absolute Gasteiger partial charge is 0.0895 e. The Bertz CT molecular complexity index is 1140. The minimum atomic E-state index is 0.673. The maximum Gasteiger partial charge on any atom is 0.0406 e. The van der Waals surface area contributed by atoms with Gasteiger partial charge >= 0.3 is 0 Å². The van der Waals surface area contributed by atoms with Crippen molar-refractivity contribution in [2.24, 2.45) is 11.8 Å². The molecule has 0 saturated heterocycles. The van der Waals surface area contributed by atoms with Crippen molar-refractivity contribution in [3.8, 4) is 0 Å². The van der Waals surface area contributed by atoms with Crippen LogP contribution in [0.15, 0.2) is 101 Å². The number of hydrogen-bond donors (Lipinski definition) is 0. The van der Waals surface area contributed by atoms with E-state index in [0.29, 0.717) is 5.92 Å². The highest BCUT2D eigenvalue weighted by molar-refractivity contribution is 6.30. The zero-order valence-electron chi connectivity index (χ0n) is 18.9. The van der Waals surface area contributed by atoms with Gasteiger partial charge in [0, 0.05) is 10.1 Å². The fourth-order valence-electron chi connectivity index (χ4n) is 5.17. The average Bonchev–Trinajstić information content (AvgIpc) is 3.33. The molecular weight excluding hydrogens is 443 g/mol. The average molecular weight is 473 g/mol. The van der Waals surface area contributed by atoms with Crippen molar-refractivity contribution in [1.82, 2.24) is 0 Å². The molecule has 33 heavy (non-hydrogen) atoms. The van der Waals surface area contributed by atoms with Crippen LogP contribution in [0, 0.1) is 11.8 Å². The van der Waals surface area contributed by atoms with Crippen LogP contribution in [-0.2, 0) is 6.42 Å². The quantitative estimate of drug-likeness (QED) is 0.392. The number of allylic oxidation sites excluding steroid dienone is 10. The Morgan fingerprint density at radius 3 is 2.18 bits per heavy atom. The molecule has 5 rings (SSSR count). The maximum absolute atomic E-state index is 6.14. The van der Waals surface area contributed by atoms with Gasteiger partial charge in [0.05, 0.1) is 0 Å². The molecule has 0 nitrogen and oxygen atoms in total. The van der Waals surface area contributed by atoms with E-state index < -0.39 is 0 Å². The zero-order valence-corrected chi connectivity index (χ0v) is 20.5. The van der Waals surface area contributed by atoms with Crippen molar-refractivity contribution in [2.75, 3.05) is 0 Å². The molecule has 2 aromatic carbocycles. The van der Waals surface area contributed by atoms with Crippen molar-refractivity contribution < 1.29 is 0 Å². The summed E-state index contributed by atoms with van der Waals surface area (Å²) in [6.45, 7) is 0. The molecule has 0 spiro atoms. The normalized spacial score (nSPS) is 22.5. The lowest BCUT2D eigenvalue weighted by Crippen LogP contribution is -2.11. The Morgan fingerprint density at radius 2 is 1.52 bits per heavy atom. The van der Waals surface area contributed by atoms with E-state index in [1.165, 1.54) is 46.3 Å². The number of benzene rings is 2. The zero-order chi connectivity index (χ0) is 22.6. The molecule has 0 aromatic heterocycles. The van der Waals surface area contributed by atoms with Gasteiger partial charge in [0.15, 0.2) is 0 Å². The molecule has 0 fully saturated rings. The van der Waals surface area contributed by atoms with Crippen LogP contribution in [-0.4, -0.2) is 0 Å². The first kappa shape index (κ1) is 22.5. The van der Waals surface area contributed by atoms with Gasteiger partial charge in [0.2, 0.25) is 0 Å². The van der Waals surface area contributed by atoms with Gasteiger partial charge in [0.1, 0.15) is 0 Å². The van der Waals surface area contributed by atoms with Crippen LogP contribution in [0.2, 0.25) is 5.02 Å². The van der Waals surface area contributed by atoms with Crippen LogP contribution in [0.1, 0.15) is 55.2 Å². The third-order valence-electron chi connectivity index (χ3n) is 7.17. The van der Waals surface area contributed by atoms with Crippen molar-refractivity contribution in [1.29, 1.82) is 0 Å². The summed E-state index contributed by atoms with van der Waals surface area (Å²) in [6, 6.07) is 17.2. The SMILES string of the molecule is ClC1=CCC(CC2C=CC(C3=CC=C(c4ccc(Cc5ccc(Cl)cc5)cc4)C3)=CC2)CC1. The molecule has 168 valence electrons. The first-order chi connectivity index (χ1) is 16.1. The minimum absolute atomic E-state index is 0.673. The highest BCUT2D eigenvalue weighted by Crippen LogP contribution is 2.37. The van der Waals surface area contributed by atoms with Crippen LogP contribution in [0.25, 0.3) is 5.57 Å². The second-order valence-electron chi connectivity index (χ2n) is 9.60. The van der Waals surface area contributed by atoms with Gasteiger partial charge in [-0.3, -0.25) is 0 Å². The maximum atomic E-state index is 6.14. The second kappa shape index (κ2) is 10.3. The summed E-state index contributed by atoms with van der Waals surface area (Å²) in [5.41, 5.74) is 8.19. The molecule has 0 saturated carbocycles. The van der Waals surface area contributed by atoms with Gasteiger partial charge in [-0.05, 0) is 102 Å². The fourth-order valence-corrected chi connectivity index (χ4v) is 5.50. The Morgan fingerprint density at radius 1 is 0.788 bits per heavy atom. The van der Waals surface area contributed by atoms with Crippen molar-refractivity contribution >= 4 is 28.8 Å². The van der Waals surface area contributed by atoms with Crippen LogP contribution >= 0.6 is 23.2 Å². The second-order valence-corrected chi connectivity index (χ2v) is 10.5. The molecule has 2 atom stereocenters. The van der Waals surface area contributed by atoms with Gasteiger partial charge in [-0.1, -0.05) is 96.1 Å². The van der Waals surface area contributed by atoms with Crippen LogP contribution in [0.4, 0.5) is 0 Å². The van der Waals surface area contributed by atoms with Crippen LogP contribution in [0.3, 0.4) is 0 Å². The molecular formula is C31H30Cl2. The van der Waals surface area contributed by atoms with E-state index in [-0.39, 0.29) is 0 Å². The Balaban J connectivity index is 1.13. The van der Waals surface area contributed by atoms with Gasteiger partial charge < -0.3 is 0 Å². The molecule has 2 heteroatoms. The summed E-state index contributed by atoms with van der Waals surface area (Å²) in [7, 11) is 0. The third kappa shape index (κ3) is 5.81. The fraction of sp³-hybridized carbons (Fsp3) is 0.290. The van der Waals surface area contributed by atoms with E-state index in [4.69, 9.17) is 23.2 Å². The van der Waals surface area contributed by atoms with Crippen molar-refractivity contribution in [3.05, 3.63) is 123 Å². The van der Waals surface area contributed by atoms with E-state index in [2.05, 4.69) is 72.9 Å². The lowest BCUT2D eigenvalue weighted by molar-refractivity contribution is 0.385. The van der Waals surface area contributed by atoms with Crippen molar-refractivity contribution in [3.63, 3.8) is 0 Å². The summed E-state index contributed by atoms with van der Waals surface area (Å²) in [5.74, 6) is 1.46. The third-order valence-corrected chi connectivity index (χ3v) is 7.77. The Kier molecular flexibility index (Phi) is 7.04. The number of halogens is 2. The molecule has 2 unspecified atom stereocenters. The highest BCUT2D eigenvalue weighted by atomic mass is 35.5. The van der Waals surface area contributed by atoms with Crippen molar-refractivity contribution in [2.45, 2.75) is 44.9 Å². The monoisotopic (exact) mass is 472 g/mol. The molecule has 0 heterocycles. The summed E-state index contributed by atoms with van der Waals surface area (Å²) < 4.78 is 0. The first-order valence-electron chi connectivity index (χ1n) is 12.1. The highest BCUT2D eigenvalue weighted by Gasteiger charge is 2.20. The van der Waals surface area contributed by atoms with E-state index in [1.54, 1.807) is 0 Å². The van der Waals surface area contributed by atoms with E-state index in [0.717, 1.165) is 48.1 Å². The first-order valence-corrected chi connectivity index (χ1v) is 12.8. The van der Waals surface area contributed by atoms with Crippen LogP contribution < -0.4 is 0 Å². The lowest BCUT2D eigenvalue weighted by atomic mass is 9.82. The van der Waals surface area contributed by atoms with E-state index in [9.17, 15) is 0 Å². The van der Waals surface area contributed by atoms with Gasteiger partial charge in [-0.25, -0.2) is 0 Å². The van der Waals surface area contributed by atoms with Crippen LogP contribution in [0.5, 0.6) is 0 Å². The lowest BCUT2D eigenvalue weighted by Gasteiger charge is -2.24. The smallest absolute Gasteiger partial charge is 0.0406 e. The summed E-state index contributed by atoms with van der Waals surface area (Å²) >= 11 is 12.1. The summed E-state index contributed by atoms with van der Waals surface area (Å²) in [5, 5.41) is 1.84. The molecule has 3 aliphatic carbocycles. The summed E-state index contributed by atoms with van der Waals surface area (Å²) in [6.07, 6.45) is 21.9. The van der Waals surface area contributed by atoms with Gasteiger partial charge in [-0.15, -0.1) is 0 Å². The molecule has 0 amide bonds. The molecule has 2 aromatic rings. The topological polar surface area (TPSA) is 0 Å². The molecule has 0 aliphatic heterocycles. The molecule has 0 N–H and O–H groups in total.